The number of aromatic nitrogens is 2. The second-order valence-electron chi connectivity index (χ2n) is 7.96. The lowest BCUT2D eigenvalue weighted by Crippen LogP contribution is -2.68. The van der Waals surface area contributed by atoms with Crippen molar-refractivity contribution in [3.63, 3.8) is 0 Å². The van der Waals surface area contributed by atoms with E-state index >= 15 is 0 Å². The lowest BCUT2D eigenvalue weighted by Gasteiger charge is -2.17. The van der Waals surface area contributed by atoms with Gasteiger partial charge < -0.3 is 4.98 Å². The van der Waals surface area contributed by atoms with Crippen LogP contribution in [-0.4, -0.2) is 19.3 Å². The Balaban J connectivity index is 0.000000658. The molecule has 11 nitrogen and oxygen atoms in total. The van der Waals surface area contributed by atoms with Gasteiger partial charge in [-0.2, -0.15) is 0 Å². The van der Waals surface area contributed by atoms with Crippen molar-refractivity contribution in [1.29, 1.82) is 0 Å². The van der Waals surface area contributed by atoms with Crippen molar-refractivity contribution in [3.05, 3.63) is 83.3 Å². The molecule has 0 aliphatic rings. The van der Waals surface area contributed by atoms with Crippen LogP contribution in [0.5, 0.6) is 0 Å². The Hall–Kier alpha value is -3.36. The number of nitrogens with zero attached hydrogens (tertiary/aromatic N) is 1. The summed E-state index contributed by atoms with van der Waals surface area (Å²) in [5, 5.41) is 5.93. The van der Waals surface area contributed by atoms with Gasteiger partial charge >= 0.3 is 5.91 Å². The molecule has 0 aliphatic carbocycles. The van der Waals surface area contributed by atoms with Gasteiger partial charge in [-0.1, -0.05) is 35.0 Å². The van der Waals surface area contributed by atoms with Crippen LogP contribution in [0.1, 0.15) is 27.4 Å². The Morgan fingerprint density at radius 3 is 2.03 bits per heavy atom. The average Bonchev–Trinajstić information content (AvgIpc) is 3.14. The first-order chi connectivity index (χ1) is 16.6. The second kappa shape index (κ2) is 10.3. The molecule has 0 saturated heterocycles. The van der Waals surface area contributed by atoms with E-state index in [4.69, 9.17) is 23.8 Å². The maximum Gasteiger partial charge on any atom is 0.322 e. The number of H-pyrrole nitrogens is 1. The molecule has 4 aromatic rings. The molecule has 1 amide bonds. The highest BCUT2D eigenvalue weighted by Crippen LogP contribution is 2.33. The molecule has 0 aliphatic heterocycles. The number of nitrogens with one attached hydrogen (secondary N) is 2. The second-order valence-corrected chi connectivity index (χ2v) is 10.3. The number of carbonyl (C=O) groups excluding carboxylic acids is 1. The Morgan fingerprint density at radius 1 is 0.944 bits per heavy atom. The standard InChI is InChI=1S/C23H22N4O3S.ClHO4/c1-14-11-15(2)27(16(3)12-14)26-23(28)22-21(17-7-5-4-6-8-17)19-13-18(31(24,29)30)9-10-20(19)25-22;2-1(3,4)5/h4-13H,1-3H3,(H3-,24,25,26,28,29,30);(H,2,3,4,5). The number of carbonyl (C=O) groups is 1. The quantitative estimate of drug-likeness (QED) is 0.259. The van der Waals surface area contributed by atoms with Crippen molar-refractivity contribution < 1.29 is 46.8 Å². The van der Waals surface area contributed by atoms with Crippen molar-refractivity contribution in [2.45, 2.75) is 25.7 Å². The maximum atomic E-state index is 13.3. The van der Waals surface area contributed by atoms with Crippen LogP contribution in [0.15, 0.2) is 65.6 Å². The molecule has 0 fully saturated rings. The van der Waals surface area contributed by atoms with Crippen molar-refractivity contribution in [2.75, 3.05) is 5.43 Å². The highest BCUT2D eigenvalue weighted by Gasteiger charge is 2.24. The van der Waals surface area contributed by atoms with Gasteiger partial charge in [-0.25, -0.2) is 32.2 Å². The fraction of sp³-hybridized carbons (Fsp3) is 0.130. The number of halogens is 1. The molecule has 36 heavy (non-hydrogen) atoms. The molecule has 0 atom stereocenters. The van der Waals surface area contributed by atoms with E-state index in [-0.39, 0.29) is 10.8 Å². The van der Waals surface area contributed by atoms with Crippen LogP contribution >= 0.6 is 0 Å². The summed E-state index contributed by atoms with van der Waals surface area (Å²) in [7, 11) is -8.83. The normalized spacial score (nSPS) is 11.7. The molecule has 0 saturated carbocycles. The van der Waals surface area contributed by atoms with E-state index in [0.717, 1.165) is 22.5 Å². The van der Waals surface area contributed by atoms with Gasteiger partial charge in [0.05, 0.1) is 4.90 Å². The lowest BCUT2D eigenvalue weighted by atomic mass is 10.0. The predicted molar refractivity (Wildman–Crippen MR) is 120 cm³/mol. The van der Waals surface area contributed by atoms with E-state index < -0.39 is 20.3 Å². The molecule has 0 radical (unpaired) electrons. The number of rotatable bonds is 4. The van der Waals surface area contributed by atoms with Crippen LogP contribution < -0.4 is 33.9 Å². The smallest absolute Gasteiger partial charge is 0.322 e. The fourth-order valence-corrected chi connectivity index (χ4v) is 4.40. The van der Waals surface area contributed by atoms with Crippen LogP contribution in [0.3, 0.4) is 0 Å². The molecule has 2 heterocycles. The van der Waals surface area contributed by atoms with Gasteiger partial charge in [0.2, 0.25) is 21.4 Å². The Kier molecular flexibility index (Phi) is 7.81. The number of amides is 1. The number of nitrogens with two attached hydrogens (primary N) is 1. The third kappa shape index (κ3) is 6.65. The van der Waals surface area contributed by atoms with Gasteiger partial charge in [-0.15, -0.1) is 15.7 Å². The van der Waals surface area contributed by atoms with Gasteiger partial charge in [0.1, 0.15) is 5.69 Å². The molecule has 190 valence electrons. The summed E-state index contributed by atoms with van der Waals surface area (Å²) in [6.45, 7) is 5.84. The summed E-state index contributed by atoms with van der Waals surface area (Å²) in [4.78, 5) is 16.5. The number of fused-ring (bicyclic) bond motifs is 1. The number of benzene rings is 2. The molecule has 4 rings (SSSR count). The molecule has 0 unspecified atom stereocenters. The van der Waals surface area contributed by atoms with Gasteiger partial charge in [-0.05, 0) is 36.2 Å². The fourth-order valence-electron chi connectivity index (χ4n) is 3.86. The number of aromatic amines is 1. The summed E-state index contributed by atoms with van der Waals surface area (Å²) in [5.74, 6) is -0.340. The van der Waals surface area contributed by atoms with E-state index in [1.165, 1.54) is 12.1 Å². The van der Waals surface area contributed by atoms with Crippen LogP contribution in [0, 0.1) is 31.0 Å². The van der Waals surface area contributed by atoms with E-state index in [1.807, 2.05) is 63.2 Å². The Morgan fingerprint density at radius 2 is 1.50 bits per heavy atom. The molecular formula is C23H23ClN4O7S. The average molecular weight is 535 g/mol. The van der Waals surface area contributed by atoms with Crippen LogP contribution in [0.2, 0.25) is 0 Å². The van der Waals surface area contributed by atoms with Gasteiger partial charge in [0.15, 0.2) is 0 Å². The molecule has 4 N–H and O–H groups in total. The zero-order chi connectivity index (χ0) is 26.8. The van der Waals surface area contributed by atoms with Crippen LogP contribution in [0.4, 0.5) is 0 Å². The molecular weight excluding hydrogens is 512 g/mol. The van der Waals surface area contributed by atoms with Crippen molar-refractivity contribution >= 4 is 26.8 Å². The number of pyridine rings is 1. The first kappa shape index (κ1) is 27.2. The Bertz CT molecular complexity index is 1500. The monoisotopic (exact) mass is 534 g/mol. The summed E-state index contributed by atoms with van der Waals surface area (Å²) >= 11 is 0. The summed E-state index contributed by atoms with van der Waals surface area (Å²) in [5.41, 5.74) is 8.19. The lowest BCUT2D eigenvalue weighted by molar-refractivity contribution is -2.00. The van der Waals surface area contributed by atoms with E-state index in [0.29, 0.717) is 22.2 Å². The number of hydrogen-bond donors (Lipinski definition) is 3. The van der Waals surface area contributed by atoms with Crippen molar-refractivity contribution in [2.24, 2.45) is 5.14 Å². The van der Waals surface area contributed by atoms with E-state index in [1.54, 1.807) is 10.7 Å². The maximum absolute atomic E-state index is 13.3. The van der Waals surface area contributed by atoms with Crippen molar-refractivity contribution in [1.82, 2.24) is 4.98 Å². The topological polar surface area (TPSA) is 201 Å². The summed E-state index contributed by atoms with van der Waals surface area (Å²) in [6, 6.07) is 17.9. The number of sulfonamides is 1. The number of primary sulfonamides is 1. The van der Waals surface area contributed by atoms with Gasteiger partial charge in [0, 0.05) is 42.4 Å². The zero-order valence-corrected chi connectivity index (χ0v) is 21.0. The third-order valence-corrected chi connectivity index (χ3v) is 6.09. The minimum Gasteiger partial charge on any atom is -0.350 e. The minimum absolute atomic E-state index is 0.0114. The van der Waals surface area contributed by atoms with Crippen LogP contribution in [0.25, 0.3) is 22.0 Å². The number of hydrogen-bond acceptors (Lipinski definition) is 7. The third-order valence-electron chi connectivity index (χ3n) is 5.18. The largest absolute Gasteiger partial charge is 0.350 e. The van der Waals surface area contributed by atoms with Gasteiger partial charge in [0.25, 0.3) is 0 Å². The molecule has 0 spiro atoms. The van der Waals surface area contributed by atoms with E-state index in [9.17, 15) is 13.2 Å². The van der Waals surface area contributed by atoms with E-state index in [2.05, 4.69) is 10.4 Å². The van der Waals surface area contributed by atoms with Crippen molar-refractivity contribution in [3.8, 4) is 11.1 Å². The summed E-state index contributed by atoms with van der Waals surface area (Å²) < 4.78 is 59.5. The molecule has 2 aromatic carbocycles. The first-order valence-electron chi connectivity index (χ1n) is 10.3. The first-order valence-corrected chi connectivity index (χ1v) is 13.1. The predicted octanol–water partition coefficient (Wildman–Crippen LogP) is -1.68. The highest BCUT2D eigenvalue weighted by molar-refractivity contribution is 7.89. The highest BCUT2D eigenvalue weighted by atomic mass is 35.7. The molecule has 0 bridgehead atoms. The van der Waals surface area contributed by atoms with Gasteiger partial charge in [-0.3, -0.25) is 4.79 Å². The number of aryl methyl sites for hydroxylation is 3. The van der Waals surface area contributed by atoms with Crippen LogP contribution in [-0.2, 0) is 10.0 Å². The zero-order valence-electron chi connectivity index (χ0n) is 19.4. The summed E-state index contributed by atoms with van der Waals surface area (Å²) in [6.07, 6.45) is 0. The SMILES string of the molecule is Cc1cc(C)[n+](NC(=O)c2[nH]c3ccc(S(N)(=O)=O)cc3c2-c2ccccc2)c(C)c1.[O-][Cl+3]([O-])([O-])[O-]. The minimum atomic E-state index is -4.94. The molecule has 2 aromatic heterocycles. The molecule has 13 heteroatoms. The Labute approximate surface area is 209 Å².